The van der Waals surface area contributed by atoms with Crippen molar-refractivity contribution in [2.24, 2.45) is 0 Å². The summed E-state index contributed by atoms with van der Waals surface area (Å²) < 4.78 is 38.2. The number of hydrogen-bond acceptors (Lipinski definition) is 2. The average Bonchev–Trinajstić information content (AvgIpc) is 2.42. The van der Waals surface area contributed by atoms with Gasteiger partial charge in [0.2, 0.25) is 5.91 Å². The van der Waals surface area contributed by atoms with Gasteiger partial charge in [0, 0.05) is 17.6 Å². The Labute approximate surface area is 130 Å². The molecule has 1 aromatic heterocycles. The molecule has 0 atom stereocenters. The van der Waals surface area contributed by atoms with Crippen LogP contribution in [0.3, 0.4) is 0 Å². The van der Waals surface area contributed by atoms with Gasteiger partial charge in [0.25, 0.3) is 0 Å². The molecule has 0 spiro atoms. The van der Waals surface area contributed by atoms with E-state index in [1.165, 1.54) is 6.07 Å². The van der Waals surface area contributed by atoms with Gasteiger partial charge in [-0.25, -0.2) is 0 Å². The lowest BCUT2D eigenvalue weighted by atomic mass is 10.1. The highest BCUT2D eigenvalue weighted by molar-refractivity contribution is 6.31. The second kappa shape index (κ2) is 6.36. The monoisotopic (exact) mass is 328 g/mol. The predicted molar refractivity (Wildman–Crippen MR) is 77.8 cm³/mol. The lowest BCUT2D eigenvalue weighted by Crippen LogP contribution is -2.15. The lowest BCUT2D eigenvalue weighted by Gasteiger charge is -2.11. The normalized spacial score (nSPS) is 11.3. The van der Waals surface area contributed by atoms with Crippen LogP contribution in [0.2, 0.25) is 5.02 Å². The highest BCUT2D eigenvalue weighted by Crippen LogP contribution is 2.36. The van der Waals surface area contributed by atoms with Gasteiger partial charge >= 0.3 is 6.18 Å². The van der Waals surface area contributed by atoms with Crippen molar-refractivity contribution in [2.75, 3.05) is 5.32 Å². The van der Waals surface area contributed by atoms with Crippen molar-refractivity contribution in [1.29, 1.82) is 0 Å². The van der Waals surface area contributed by atoms with Gasteiger partial charge in [-0.15, -0.1) is 0 Å². The molecule has 2 aromatic rings. The van der Waals surface area contributed by atoms with Gasteiger partial charge < -0.3 is 5.32 Å². The summed E-state index contributed by atoms with van der Waals surface area (Å²) in [5, 5.41) is 2.01. The SMILES string of the molecule is Cc1ccc(CC(=O)Nc2ccc(Cl)c(C(F)(F)F)c2)cn1. The van der Waals surface area contributed by atoms with Crippen LogP contribution in [0.15, 0.2) is 36.5 Å². The smallest absolute Gasteiger partial charge is 0.326 e. The average molecular weight is 329 g/mol. The molecule has 0 fully saturated rings. The number of anilines is 1. The van der Waals surface area contributed by atoms with Crippen LogP contribution in [0, 0.1) is 6.92 Å². The Morgan fingerprint density at radius 2 is 2.00 bits per heavy atom. The molecule has 0 radical (unpaired) electrons. The summed E-state index contributed by atoms with van der Waals surface area (Å²) in [5.74, 6) is -0.430. The second-order valence-corrected chi connectivity index (χ2v) is 5.13. The third-order valence-electron chi connectivity index (χ3n) is 2.89. The number of aromatic nitrogens is 1. The number of rotatable bonds is 3. The molecule has 7 heteroatoms. The van der Waals surface area contributed by atoms with Crippen LogP contribution in [0.4, 0.5) is 18.9 Å². The minimum atomic E-state index is -4.57. The largest absolute Gasteiger partial charge is 0.417 e. The Kier molecular flexibility index (Phi) is 4.71. The number of benzene rings is 1. The number of nitrogens with zero attached hydrogens (tertiary/aromatic N) is 1. The fraction of sp³-hybridized carbons (Fsp3) is 0.200. The van der Waals surface area contributed by atoms with Crippen LogP contribution in [0.1, 0.15) is 16.8 Å². The fourth-order valence-electron chi connectivity index (χ4n) is 1.81. The van der Waals surface area contributed by atoms with Gasteiger partial charge in [0.15, 0.2) is 0 Å². The quantitative estimate of drug-likeness (QED) is 0.915. The third kappa shape index (κ3) is 4.21. The Morgan fingerprint density at radius 1 is 1.27 bits per heavy atom. The zero-order valence-corrected chi connectivity index (χ0v) is 12.3. The van der Waals surface area contributed by atoms with Gasteiger partial charge in [0.1, 0.15) is 0 Å². The zero-order chi connectivity index (χ0) is 16.3. The van der Waals surface area contributed by atoms with E-state index < -0.39 is 22.7 Å². The number of halogens is 4. The summed E-state index contributed by atoms with van der Waals surface area (Å²) in [6.07, 6.45) is -2.99. The van der Waals surface area contributed by atoms with E-state index in [0.717, 1.165) is 17.8 Å². The predicted octanol–water partition coefficient (Wildman–Crippen LogP) is 4.24. The minimum Gasteiger partial charge on any atom is -0.326 e. The zero-order valence-electron chi connectivity index (χ0n) is 11.5. The summed E-state index contributed by atoms with van der Waals surface area (Å²) in [4.78, 5) is 15.9. The van der Waals surface area contributed by atoms with E-state index in [-0.39, 0.29) is 12.1 Å². The van der Waals surface area contributed by atoms with Crippen LogP contribution in [0.25, 0.3) is 0 Å². The minimum absolute atomic E-state index is 0.0251. The van der Waals surface area contributed by atoms with Crippen molar-refractivity contribution in [3.8, 4) is 0 Å². The van der Waals surface area contributed by atoms with Crippen molar-refractivity contribution in [1.82, 2.24) is 4.98 Å². The molecule has 0 bridgehead atoms. The molecular weight excluding hydrogens is 317 g/mol. The van der Waals surface area contributed by atoms with Gasteiger partial charge in [-0.2, -0.15) is 13.2 Å². The molecule has 0 aliphatic carbocycles. The maximum Gasteiger partial charge on any atom is 0.417 e. The molecule has 0 saturated heterocycles. The van der Waals surface area contributed by atoms with Gasteiger partial charge in [-0.05, 0) is 36.8 Å². The number of pyridine rings is 1. The Balaban J connectivity index is 2.10. The third-order valence-corrected chi connectivity index (χ3v) is 3.22. The molecule has 3 nitrogen and oxygen atoms in total. The molecule has 22 heavy (non-hydrogen) atoms. The lowest BCUT2D eigenvalue weighted by molar-refractivity contribution is -0.137. The fourth-order valence-corrected chi connectivity index (χ4v) is 2.04. The Bertz CT molecular complexity index is 684. The highest BCUT2D eigenvalue weighted by atomic mass is 35.5. The van der Waals surface area contributed by atoms with E-state index in [4.69, 9.17) is 11.6 Å². The van der Waals surface area contributed by atoms with Crippen LogP contribution in [-0.4, -0.2) is 10.9 Å². The number of carbonyl (C=O) groups excluding carboxylic acids is 1. The van der Waals surface area contributed by atoms with E-state index in [1.807, 2.05) is 6.92 Å². The van der Waals surface area contributed by atoms with Crippen LogP contribution in [0.5, 0.6) is 0 Å². The Morgan fingerprint density at radius 3 is 2.59 bits per heavy atom. The number of aryl methyl sites for hydroxylation is 1. The number of nitrogens with one attached hydrogen (secondary N) is 1. The summed E-state index contributed by atoms with van der Waals surface area (Å²) in [6.45, 7) is 1.82. The van der Waals surface area contributed by atoms with Gasteiger partial charge in [-0.1, -0.05) is 17.7 Å². The molecule has 0 saturated carbocycles. The molecule has 1 amide bonds. The van der Waals surface area contributed by atoms with E-state index in [1.54, 1.807) is 18.3 Å². The topological polar surface area (TPSA) is 42.0 Å². The first-order chi connectivity index (χ1) is 10.3. The summed E-state index contributed by atoms with van der Waals surface area (Å²) >= 11 is 5.52. The van der Waals surface area contributed by atoms with Crippen LogP contribution in [-0.2, 0) is 17.4 Å². The molecule has 0 aliphatic rings. The summed E-state index contributed by atoms with van der Waals surface area (Å²) in [7, 11) is 0. The van der Waals surface area contributed by atoms with Gasteiger partial charge in [0.05, 0.1) is 17.0 Å². The van der Waals surface area contributed by atoms with E-state index >= 15 is 0 Å². The van der Waals surface area contributed by atoms with E-state index in [0.29, 0.717) is 5.56 Å². The molecule has 116 valence electrons. The maximum atomic E-state index is 12.7. The summed E-state index contributed by atoms with van der Waals surface area (Å²) in [5.41, 5.74) is 0.551. The van der Waals surface area contributed by atoms with Crippen molar-refractivity contribution >= 4 is 23.2 Å². The van der Waals surface area contributed by atoms with Crippen molar-refractivity contribution < 1.29 is 18.0 Å². The number of hydrogen-bond donors (Lipinski definition) is 1. The molecule has 2 rings (SSSR count). The first-order valence-electron chi connectivity index (χ1n) is 6.34. The number of amides is 1. The Hall–Kier alpha value is -2.08. The molecule has 0 aliphatic heterocycles. The number of alkyl halides is 3. The van der Waals surface area contributed by atoms with E-state index in [9.17, 15) is 18.0 Å². The molecular formula is C15H12ClF3N2O. The number of carbonyl (C=O) groups is 1. The molecule has 1 heterocycles. The highest BCUT2D eigenvalue weighted by Gasteiger charge is 2.33. The van der Waals surface area contributed by atoms with Gasteiger partial charge in [-0.3, -0.25) is 9.78 Å². The summed E-state index contributed by atoms with van der Waals surface area (Å²) in [6, 6.07) is 6.74. The van der Waals surface area contributed by atoms with Crippen LogP contribution < -0.4 is 5.32 Å². The maximum absolute atomic E-state index is 12.7. The van der Waals surface area contributed by atoms with Crippen LogP contribution >= 0.6 is 11.6 Å². The first-order valence-corrected chi connectivity index (χ1v) is 6.71. The van der Waals surface area contributed by atoms with Crippen molar-refractivity contribution in [3.63, 3.8) is 0 Å². The van der Waals surface area contributed by atoms with E-state index in [2.05, 4.69) is 10.3 Å². The van der Waals surface area contributed by atoms with Crippen molar-refractivity contribution in [2.45, 2.75) is 19.5 Å². The van der Waals surface area contributed by atoms with Crippen molar-refractivity contribution in [3.05, 3.63) is 58.4 Å². The molecule has 1 aromatic carbocycles. The second-order valence-electron chi connectivity index (χ2n) is 4.73. The standard InChI is InChI=1S/C15H12ClF3N2O/c1-9-2-3-10(8-20-9)6-14(22)21-11-4-5-13(16)12(7-11)15(17,18)19/h2-5,7-8H,6H2,1H3,(H,21,22). The molecule has 1 N–H and O–H groups in total. The molecule has 0 unspecified atom stereocenters. The first kappa shape index (κ1) is 16.3.